The number of halogens is 1. The van der Waals surface area contributed by atoms with Gasteiger partial charge in [-0.25, -0.2) is 4.39 Å². The van der Waals surface area contributed by atoms with Crippen molar-refractivity contribution in [1.82, 2.24) is 4.57 Å². The third kappa shape index (κ3) is 2.23. The van der Waals surface area contributed by atoms with Gasteiger partial charge < -0.3 is 4.57 Å². The molecule has 3 aromatic rings. The molecule has 0 bridgehead atoms. The molecule has 1 aromatic heterocycles. The van der Waals surface area contributed by atoms with Crippen molar-refractivity contribution < 1.29 is 9.18 Å². The van der Waals surface area contributed by atoms with Crippen LogP contribution in [0.2, 0.25) is 0 Å². The second-order valence-corrected chi connectivity index (χ2v) is 5.51. The Bertz CT molecular complexity index is 817. The third-order valence-corrected chi connectivity index (χ3v) is 4.32. The third-order valence-electron chi connectivity index (χ3n) is 4.32. The van der Waals surface area contributed by atoms with Crippen LogP contribution in [0.4, 0.5) is 4.39 Å². The van der Waals surface area contributed by atoms with Crippen molar-refractivity contribution in [2.45, 2.75) is 19.3 Å². The van der Waals surface area contributed by atoms with Crippen LogP contribution in [0.5, 0.6) is 0 Å². The van der Waals surface area contributed by atoms with E-state index >= 15 is 0 Å². The first-order valence-corrected chi connectivity index (χ1v) is 7.45. The van der Waals surface area contributed by atoms with Gasteiger partial charge in [0, 0.05) is 35.1 Å². The maximum atomic E-state index is 13.2. The summed E-state index contributed by atoms with van der Waals surface area (Å²) < 4.78 is 15.3. The lowest BCUT2D eigenvalue weighted by Crippen LogP contribution is -2.08. The van der Waals surface area contributed by atoms with Crippen LogP contribution in [0, 0.1) is 5.82 Å². The van der Waals surface area contributed by atoms with Crippen molar-refractivity contribution in [3.8, 4) is 0 Å². The van der Waals surface area contributed by atoms with Gasteiger partial charge in [-0.05, 0) is 30.2 Å². The molecule has 0 amide bonds. The van der Waals surface area contributed by atoms with Crippen LogP contribution in [0.15, 0.2) is 48.5 Å². The molecule has 0 N–H and O–H groups in total. The molecule has 2 aromatic carbocycles. The molecule has 1 heterocycles. The molecule has 22 heavy (non-hydrogen) atoms. The lowest BCUT2D eigenvalue weighted by Gasteiger charge is -2.18. The van der Waals surface area contributed by atoms with E-state index in [4.69, 9.17) is 0 Å². The number of fused-ring (bicyclic) bond motifs is 1. The Morgan fingerprint density at radius 3 is 2.45 bits per heavy atom. The van der Waals surface area contributed by atoms with Gasteiger partial charge in [-0.3, -0.25) is 4.79 Å². The summed E-state index contributed by atoms with van der Waals surface area (Å²) >= 11 is 0. The lowest BCUT2D eigenvalue weighted by atomic mass is 9.90. The fraction of sp³-hybridized carbons (Fsp3) is 0.211. The normalized spacial score (nSPS) is 12.5. The van der Waals surface area contributed by atoms with Gasteiger partial charge >= 0.3 is 0 Å². The number of carbonyl (C=O) groups is 1. The van der Waals surface area contributed by atoms with Crippen molar-refractivity contribution in [3.05, 3.63) is 71.2 Å². The minimum atomic E-state index is -0.244. The van der Waals surface area contributed by atoms with Crippen molar-refractivity contribution in [1.29, 1.82) is 0 Å². The van der Waals surface area contributed by atoms with Gasteiger partial charge in [-0.2, -0.15) is 0 Å². The van der Waals surface area contributed by atoms with E-state index in [-0.39, 0.29) is 11.7 Å². The average Bonchev–Trinajstić information content (AvgIpc) is 2.83. The fourth-order valence-corrected chi connectivity index (χ4v) is 3.27. The Morgan fingerprint density at radius 2 is 1.82 bits per heavy atom. The van der Waals surface area contributed by atoms with Crippen LogP contribution < -0.4 is 0 Å². The van der Waals surface area contributed by atoms with Crippen LogP contribution in [0.3, 0.4) is 0 Å². The number of para-hydroxylation sites is 1. The number of hydrogen-bond acceptors (Lipinski definition) is 1. The molecule has 3 heteroatoms. The molecule has 2 nitrogen and oxygen atoms in total. The van der Waals surface area contributed by atoms with Gasteiger partial charge in [0.15, 0.2) is 6.29 Å². The molecule has 1 atom stereocenters. The lowest BCUT2D eigenvalue weighted by molar-refractivity contribution is 0.112. The zero-order valence-corrected chi connectivity index (χ0v) is 12.7. The van der Waals surface area contributed by atoms with E-state index in [0.717, 1.165) is 40.4 Å². The Labute approximate surface area is 129 Å². The van der Waals surface area contributed by atoms with Crippen LogP contribution in [0.1, 0.15) is 40.9 Å². The summed E-state index contributed by atoms with van der Waals surface area (Å²) in [5.74, 6) is -0.176. The monoisotopic (exact) mass is 295 g/mol. The van der Waals surface area contributed by atoms with Crippen molar-refractivity contribution in [2.24, 2.45) is 7.05 Å². The number of aromatic nitrogens is 1. The van der Waals surface area contributed by atoms with Crippen LogP contribution >= 0.6 is 0 Å². The summed E-state index contributed by atoms with van der Waals surface area (Å²) in [4.78, 5) is 11.7. The van der Waals surface area contributed by atoms with E-state index in [1.807, 2.05) is 31.3 Å². The second kappa shape index (κ2) is 5.76. The van der Waals surface area contributed by atoms with Crippen LogP contribution in [-0.2, 0) is 7.05 Å². The minimum Gasteiger partial charge on any atom is -0.346 e. The molecule has 0 spiro atoms. The highest BCUT2D eigenvalue weighted by atomic mass is 19.1. The molecular weight excluding hydrogens is 277 g/mol. The summed E-state index contributed by atoms with van der Waals surface area (Å²) in [5, 5.41) is 0.968. The smallest absolute Gasteiger partial charge is 0.152 e. The summed E-state index contributed by atoms with van der Waals surface area (Å²) in [6.45, 7) is 2.08. The van der Waals surface area contributed by atoms with Crippen molar-refractivity contribution in [2.75, 3.05) is 0 Å². The Balaban J connectivity index is 2.24. The molecular formula is C19H18FNO. The number of nitrogens with zero attached hydrogens (tertiary/aromatic N) is 1. The molecule has 3 rings (SSSR count). The predicted molar refractivity (Wildman–Crippen MR) is 86.8 cm³/mol. The first-order valence-electron chi connectivity index (χ1n) is 7.45. The predicted octanol–water partition coefficient (Wildman–Crippen LogP) is 4.67. The van der Waals surface area contributed by atoms with E-state index in [0.29, 0.717) is 0 Å². The number of hydrogen-bond donors (Lipinski definition) is 0. The second-order valence-electron chi connectivity index (χ2n) is 5.51. The van der Waals surface area contributed by atoms with E-state index < -0.39 is 0 Å². The molecule has 0 radical (unpaired) electrons. The van der Waals surface area contributed by atoms with E-state index in [9.17, 15) is 9.18 Å². The zero-order valence-electron chi connectivity index (χ0n) is 12.7. The highest BCUT2D eigenvalue weighted by Crippen LogP contribution is 2.35. The molecule has 0 aliphatic carbocycles. The SMILES string of the molecule is CC[C@@H](c1ccc(F)cc1)c1c(C=O)c2ccccc2n1C. The quantitative estimate of drug-likeness (QED) is 0.641. The van der Waals surface area contributed by atoms with Crippen molar-refractivity contribution >= 4 is 17.2 Å². The van der Waals surface area contributed by atoms with Gasteiger partial charge in [0.25, 0.3) is 0 Å². The highest BCUT2D eigenvalue weighted by Gasteiger charge is 2.22. The standard InChI is InChI=1S/C19H18FNO/c1-3-15(13-8-10-14(20)11-9-13)19-17(12-22)16-6-4-5-7-18(16)21(19)2/h4-12,15H,3H2,1-2H3/t15-/m0/s1. The first-order chi connectivity index (χ1) is 10.7. The first kappa shape index (κ1) is 14.5. The number of benzene rings is 2. The Kier molecular flexibility index (Phi) is 3.80. The summed E-state index contributed by atoms with van der Waals surface area (Å²) in [6, 6.07) is 14.5. The summed E-state index contributed by atoms with van der Waals surface area (Å²) in [5.41, 5.74) is 3.79. The average molecular weight is 295 g/mol. The van der Waals surface area contributed by atoms with Gasteiger partial charge in [0.1, 0.15) is 5.82 Å². The van der Waals surface area contributed by atoms with Gasteiger partial charge in [0.2, 0.25) is 0 Å². The summed E-state index contributed by atoms with van der Waals surface area (Å²) in [7, 11) is 1.98. The Hall–Kier alpha value is -2.42. The van der Waals surface area contributed by atoms with E-state index in [1.165, 1.54) is 12.1 Å². The molecule has 112 valence electrons. The number of rotatable bonds is 4. The topological polar surface area (TPSA) is 22.0 Å². The molecule has 0 fully saturated rings. The Morgan fingerprint density at radius 1 is 1.14 bits per heavy atom. The number of aldehydes is 1. The fourth-order valence-electron chi connectivity index (χ4n) is 3.27. The van der Waals surface area contributed by atoms with E-state index in [1.54, 1.807) is 12.1 Å². The summed E-state index contributed by atoms with van der Waals surface area (Å²) in [6.07, 6.45) is 1.78. The number of aryl methyl sites for hydroxylation is 1. The zero-order chi connectivity index (χ0) is 15.7. The molecule has 0 saturated carbocycles. The molecule has 0 aliphatic heterocycles. The van der Waals surface area contributed by atoms with Gasteiger partial charge in [0.05, 0.1) is 0 Å². The van der Waals surface area contributed by atoms with Crippen LogP contribution in [-0.4, -0.2) is 10.9 Å². The largest absolute Gasteiger partial charge is 0.346 e. The van der Waals surface area contributed by atoms with Crippen molar-refractivity contribution in [3.63, 3.8) is 0 Å². The van der Waals surface area contributed by atoms with Crippen LogP contribution in [0.25, 0.3) is 10.9 Å². The minimum absolute atomic E-state index is 0.0678. The molecule has 0 unspecified atom stereocenters. The maximum absolute atomic E-state index is 13.2. The highest BCUT2D eigenvalue weighted by molar-refractivity contribution is 5.99. The molecule has 0 aliphatic rings. The van der Waals surface area contributed by atoms with Gasteiger partial charge in [-0.1, -0.05) is 37.3 Å². The molecule has 0 saturated heterocycles. The maximum Gasteiger partial charge on any atom is 0.152 e. The number of carbonyl (C=O) groups excluding carboxylic acids is 1. The van der Waals surface area contributed by atoms with E-state index in [2.05, 4.69) is 11.5 Å². The van der Waals surface area contributed by atoms with Gasteiger partial charge in [-0.15, -0.1) is 0 Å².